The van der Waals surface area contributed by atoms with Gasteiger partial charge in [0, 0.05) is 63.0 Å². The van der Waals surface area contributed by atoms with E-state index in [9.17, 15) is 14.7 Å². The first kappa shape index (κ1) is 19.5. The Labute approximate surface area is 160 Å². The molecule has 1 aromatic carbocycles. The van der Waals surface area contributed by atoms with Gasteiger partial charge in [-0.1, -0.05) is 0 Å². The largest absolute Gasteiger partial charge is 0.444 e. The first-order valence-electron chi connectivity index (χ1n) is 9.51. The van der Waals surface area contributed by atoms with Gasteiger partial charge >= 0.3 is 6.09 Å². The van der Waals surface area contributed by atoms with Crippen LogP contribution in [0.3, 0.4) is 0 Å². The quantitative estimate of drug-likeness (QED) is 0.876. The van der Waals surface area contributed by atoms with Crippen molar-refractivity contribution in [2.75, 3.05) is 49.1 Å². The summed E-state index contributed by atoms with van der Waals surface area (Å²) < 4.78 is 5.43. The molecule has 7 heteroatoms. The molecule has 0 spiro atoms. The first-order chi connectivity index (χ1) is 12.8. The minimum atomic E-state index is -0.480. The molecule has 0 saturated carbocycles. The lowest BCUT2D eigenvalue weighted by molar-refractivity contribution is -0.117. The van der Waals surface area contributed by atoms with Gasteiger partial charge in [0.1, 0.15) is 5.60 Å². The highest BCUT2D eigenvalue weighted by atomic mass is 16.6. The van der Waals surface area contributed by atoms with E-state index in [0.717, 1.165) is 24.5 Å². The predicted molar refractivity (Wildman–Crippen MR) is 104 cm³/mol. The standard InChI is InChI=1S/C20H29N3O4/c1-20(2,3)27-19(26)22-10-8-21(9-11-22)16-4-6-17(7-5-16)23-13-15(14-24)12-18(23)25/h4-7,15,24H,8-14H2,1-3H3. The van der Waals surface area contributed by atoms with Crippen LogP contribution in [0.25, 0.3) is 0 Å². The predicted octanol–water partition coefficient (Wildman–Crippen LogP) is 2.09. The van der Waals surface area contributed by atoms with Crippen LogP contribution < -0.4 is 9.80 Å². The van der Waals surface area contributed by atoms with E-state index < -0.39 is 5.60 Å². The third-order valence-corrected chi connectivity index (χ3v) is 4.92. The molecule has 1 unspecified atom stereocenters. The van der Waals surface area contributed by atoms with Gasteiger partial charge in [-0.05, 0) is 45.0 Å². The Hall–Kier alpha value is -2.28. The zero-order valence-corrected chi connectivity index (χ0v) is 16.4. The Morgan fingerprint density at radius 2 is 1.70 bits per heavy atom. The SMILES string of the molecule is CC(C)(C)OC(=O)N1CCN(c2ccc(N3CC(CO)CC3=O)cc2)CC1. The molecule has 2 amide bonds. The molecule has 0 aliphatic carbocycles. The van der Waals surface area contributed by atoms with Gasteiger partial charge in [-0.25, -0.2) is 4.79 Å². The van der Waals surface area contributed by atoms with Crippen LogP contribution in [-0.4, -0.2) is 66.9 Å². The fourth-order valence-electron chi connectivity index (χ4n) is 3.47. The van der Waals surface area contributed by atoms with Crippen molar-refractivity contribution in [1.29, 1.82) is 0 Å². The van der Waals surface area contributed by atoms with Gasteiger partial charge in [0.2, 0.25) is 5.91 Å². The van der Waals surface area contributed by atoms with Crippen LogP contribution in [0, 0.1) is 5.92 Å². The monoisotopic (exact) mass is 375 g/mol. The molecule has 0 radical (unpaired) electrons. The molecular formula is C20H29N3O4. The molecule has 27 heavy (non-hydrogen) atoms. The summed E-state index contributed by atoms with van der Waals surface area (Å²) in [6, 6.07) is 7.93. The van der Waals surface area contributed by atoms with Gasteiger partial charge in [-0.3, -0.25) is 4.79 Å². The minimum absolute atomic E-state index is 0.0260. The number of hydrogen-bond donors (Lipinski definition) is 1. The van der Waals surface area contributed by atoms with E-state index >= 15 is 0 Å². The van der Waals surface area contributed by atoms with Crippen molar-refractivity contribution in [2.24, 2.45) is 5.92 Å². The topological polar surface area (TPSA) is 73.3 Å². The van der Waals surface area contributed by atoms with E-state index in [0.29, 0.717) is 26.1 Å². The summed E-state index contributed by atoms with van der Waals surface area (Å²) in [7, 11) is 0. The summed E-state index contributed by atoms with van der Waals surface area (Å²) in [5.74, 6) is 0.0888. The number of piperazine rings is 1. The number of hydrogen-bond acceptors (Lipinski definition) is 5. The molecule has 2 heterocycles. The molecule has 2 saturated heterocycles. The summed E-state index contributed by atoms with van der Waals surface area (Å²) >= 11 is 0. The number of ether oxygens (including phenoxy) is 1. The molecular weight excluding hydrogens is 346 g/mol. The van der Waals surface area contributed by atoms with E-state index in [2.05, 4.69) is 4.90 Å². The van der Waals surface area contributed by atoms with Crippen LogP contribution in [0.5, 0.6) is 0 Å². The molecule has 2 aliphatic heterocycles. The number of carbonyl (C=O) groups is 2. The summed E-state index contributed by atoms with van der Waals surface area (Å²) in [5.41, 5.74) is 1.46. The van der Waals surface area contributed by atoms with E-state index in [1.165, 1.54) is 0 Å². The number of aliphatic hydroxyl groups excluding tert-OH is 1. The maximum Gasteiger partial charge on any atom is 0.410 e. The van der Waals surface area contributed by atoms with Gasteiger partial charge in [-0.15, -0.1) is 0 Å². The van der Waals surface area contributed by atoms with Gasteiger partial charge in [0.05, 0.1) is 0 Å². The normalized spacial score (nSPS) is 21.0. The lowest BCUT2D eigenvalue weighted by Gasteiger charge is -2.36. The number of anilines is 2. The zero-order valence-electron chi connectivity index (χ0n) is 16.4. The molecule has 148 valence electrons. The molecule has 0 bridgehead atoms. The fourth-order valence-corrected chi connectivity index (χ4v) is 3.47. The molecule has 2 fully saturated rings. The summed E-state index contributed by atoms with van der Waals surface area (Å²) in [5, 5.41) is 9.26. The molecule has 1 N–H and O–H groups in total. The van der Waals surface area contributed by atoms with E-state index in [1.807, 2.05) is 45.0 Å². The number of amides is 2. The second kappa shape index (κ2) is 7.76. The van der Waals surface area contributed by atoms with E-state index in [-0.39, 0.29) is 24.5 Å². The second-order valence-electron chi connectivity index (χ2n) is 8.23. The second-order valence-corrected chi connectivity index (χ2v) is 8.23. The van der Waals surface area contributed by atoms with Crippen molar-refractivity contribution in [1.82, 2.24) is 4.90 Å². The summed E-state index contributed by atoms with van der Waals surface area (Å²) in [4.78, 5) is 30.0. The molecule has 7 nitrogen and oxygen atoms in total. The Balaban J connectivity index is 1.56. The number of benzene rings is 1. The lowest BCUT2D eigenvalue weighted by atomic mass is 10.1. The van der Waals surface area contributed by atoms with Gasteiger partial charge < -0.3 is 24.5 Å². The fraction of sp³-hybridized carbons (Fsp3) is 0.600. The molecule has 0 aromatic heterocycles. The van der Waals surface area contributed by atoms with Gasteiger partial charge in [0.15, 0.2) is 0 Å². The van der Waals surface area contributed by atoms with Crippen molar-refractivity contribution < 1.29 is 19.4 Å². The Bertz CT molecular complexity index is 675. The van der Waals surface area contributed by atoms with E-state index in [1.54, 1.807) is 9.80 Å². The average molecular weight is 375 g/mol. The molecule has 1 atom stereocenters. The highest BCUT2D eigenvalue weighted by Crippen LogP contribution is 2.27. The van der Waals surface area contributed by atoms with Crippen LogP contribution >= 0.6 is 0 Å². The van der Waals surface area contributed by atoms with Crippen LogP contribution in [0.1, 0.15) is 27.2 Å². The highest BCUT2D eigenvalue weighted by Gasteiger charge is 2.30. The molecule has 2 aliphatic rings. The Morgan fingerprint density at radius 3 is 2.22 bits per heavy atom. The van der Waals surface area contributed by atoms with Crippen molar-refractivity contribution >= 4 is 23.4 Å². The Morgan fingerprint density at radius 1 is 1.11 bits per heavy atom. The zero-order chi connectivity index (χ0) is 19.6. The summed E-state index contributed by atoms with van der Waals surface area (Å²) in [6.07, 6.45) is 0.147. The van der Waals surface area contributed by atoms with Crippen LogP contribution in [0.4, 0.5) is 16.2 Å². The number of nitrogens with zero attached hydrogens (tertiary/aromatic N) is 3. The number of aliphatic hydroxyl groups is 1. The third kappa shape index (κ3) is 4.71. The van der Waals surface area contributed by atoms with Gasteiger partial charge in [-0.2, -0.15) is 0 Å². The van der Waals surface area contributed by atoms with Crippen molar-refractivity contribution in [2.45, 2.75) is 32.8 Å². The highest BCUT2D eigenvalue weighted by molar-refractivity contribution is 5.95. The number of rotatable bonds is 3. The van der Waals surface area contributed by atoms with Crippen LogP contribution in [0.15, 0.2) is 24.3 Å². The number of carbonyl (C=O) groups excluding carboxylic acids is 2. The van der Waals surface area contributed by atoms with Gasteiger partial charge in [0.25, 0.3) is 0 Å². The Kier molecular flexibility index (Phi) is 5.60. The van der Waals surface area contributed by atoms with Crippen molar-refractivity contribution in [3.8, 4) is 0 Å². The maximum atomic E-state index is 12.2. The molecule has 1 aromatic rings. The average Bonchev–Trinajstić information content (AvgIpc) is 3.01. The first-order valence-corrected chi connectivity index (χ1v) is 9.51. The maximum absolute atomic E-state index is 12.2. The van der Waals surface area contributed by atoms with Crippen LogP contribution in [-0.2, 0) is 9.53 Å². The lowest BCUT2D eigenvalue weighted by Crippen LogP contribution is -2.50. The smallest absolute Gasteiger partial charge is 0.410 e. The van der Waals surface area contributed by atoms with E-state index in [4.69, 9.17) is 4.74 Å². The van der Waals surface area contributed by atoms with Crippen LogP contribution in [0.2, 0.25) is 0 Å². The minimum Gasteiger partial charge on any atom is -0.444 e. The molecule has 3 rings (SSSR count). The van der Waals surface area contributed by atoms with Crippen molar-refractivity contribution in [3.05, 3.63) is 24.3 Å². The third-order valence-electron chi connectivity index (χ3n) is 4.92. The summed E-state index contributed by atoms with van der Waals surface area (Å²) in [6.45, 7) is 8.97. The van der Waals surface area contributed by atoms with Crippen molar-refractivity contribution in [3.63, 3.8) is 0 Å².